The van der Waals surface area contributed by atoms with E-state index >= 15 is 0 Å². The molecule has 2 rings (SSSR count). The molecule has 1 aliphatic carbocycles. The fraction of sp³-hybridized carbons (Fsp3) is 0.722. The molecule has 1 aliphatic rings. The molecule has 0 N–H and O–H groups in total. The van der Waals surface area contributed by atoms with Gasteiger partial charge in [0.05, 0.1) is 11.6 Å². The maximum absolute atomic E-state index is 12.7. The highest BCUT2D eigenvalue weighted by molar-refractivity contribution is 6.28. The van der Waals surface area contributed by atoms with Crippen LogP contribution in [-0.2, 0) is 9.53 Å². The quantitative estimate of drug-likeness (QED) is 0.404. The summed E-state index contributed by atoms with van der Waals surface area (Å²) in [6.07, 6.45) is 5.43. The van der Waals surface area contributed by atoms with Crippen LogP contribution < -0.4 is 4.90 Å². The number of nitroso groups, excluding NO2 is 1. The number of aromatic nitrogens is 2. The highest BCUT2D eigenvalue weighted by Gasteiger charge is 2.38. The Morgan fingerprint density at radius 3 is 2.46 bits per heavy atom. The second kappa shape index (κ2) is 7.86. The van der Waals surface area contributed by atoms with E-state index in [1.54, 1.807) is 0 Å². The maximum atomic E-state index is 12.7. The van der Waals surface area contributed by atoms with Crippen molar-refractivity contribution in [2.45, 2.75) is 71.9 Å². The first-order valence-corrected chi connectivity index (χ1v) is 9.27. The Bertz CT molecular complexity index is 667. The largest absolute Gasteiger partial charge is 0.460 e. The Kier molecular flexibility index (Phi) is 6.21. The molecule has 1 fully saturated rings. The first kappa shape index (κ1) is 20.6. The van der Waals surface area contributed by atoms with Gasteiger partial charge in [0.1, 0.15) is 5.60 Å². The molecule has 7 nitrogen and oxygen atoms in total. The predicted octanol–water partition coefficient (Wildman–Crippen LogP) is 4.64. The fourth-order valence-electron chi connectivity index (χ4n) is 3.12. The summed E-state index contributed by atoms with van der Waals surface area (Å²) in [5, 5.41) is 3.09. The maximum Gasteiger partial charge on any atom is 0.313 e. The van der Waals surface area contributed by atoms with Gasteiger partial charge in [-0.3, -0.25) is 4.79 Å². The first-order valence-electron chi connectivity index (χ1n) is 8.89. The van der Waals surface area contributed by atoms with E-state index in [2.05, 4.69) is 15.1 Å². The molecule has 0 aliphatic heterocycles. The summed E-state index contributed by atoms with van der Waals surface area (Å²) in [5.41, 5.74) is -1.24. The summed E-state index contributed by atoms with van der Waals surface area (Å²) in [7, 11) is 0. The van der Waals surface area contributed by atoms with Gasteiger partial charge < -0.3 is 9.64 Å². The van der Waals surface area contributed by atoms with Gasteiger partial charge in [-0.15, -0.1) is 4.91 Å². The van der Waals surface area contributed by atoms with Crippen molar-refractivity contribution in [3.63, 3.8) is 0 Å². The van der Waals surface area contributed by atoms with Crippen LogP contribution in [0.4, 0.5) is 11.5 Å². The van der Waals surface area contributed by atoms with Gasteiger partial charge in [0.25, 0.3) is 0 Å². The van der Waals surface area contributed by atoms with E-state index in [9.17, 15) is 9.70 Å². The zero-order valence-electron chi connectivity index (χ0n) is 16.1. The number of halogens is 1. The van der Waals surface area contributed by atoms with Crippen LogP contribution in [0.1, 0.15) is 60.3 Å². The van der Waals surface area contributed by atoms with Gasteiger partial charge in [0.2, 0.25) is 5.28 Å². The van der Waals surface area contributed by atoms with Gasteiger partial charge in [0.15, 0.2) is 11.5 Å². The normalized spacial score (nSPS) is 15.8. The molecule has 26 heavy (non-hydrogen) atoms. The molecule has 1 aromatic rings. The third-order valence-electron chi connectivity index (χ3n) is 4.37. The zero-order chi connectivity index (χ0) is 19.5. The zero-order valence-corrected chi connectivity index (χ0v) is 16.8. The Hall–Kier alpha value is -1.76. The highest BCUT2D eigenvalue weighted by atomic mass is 35.5. The van der Waals surface area contributed by atoms with Gasteiger partial charge in [-0.05, 0) is 64.2 Å². The van der Waals surface area contributed by atoms with Crippen LogP contribution in [0, 0.1) is 10.3 Å². The van der Waals surface area contributed by atoms with Gasteiger partial charge in [-0.25, -0.2) is 4.98 Å². The number of hydrogen-bond acceptors (Lipinski definition) is 7. The van der Waals surface area contributed by atoms with Crippen LogP contribution in [-0.4, -0.2) is 34.1 Å². The molecular formula is C18H27ClN4O3. The van der Waals surface area contributed by atoms with Crippen LogP contribution in [0.5, 0.6) is 0 Å². The smallest absolute Gasteiger partial charge is 0.313 e. The van der Waals surface area contributed by atoms with Crippen molar-refractivity contribution in [2.24, 2.45) is 10.6 Å². The summed E-state index contributed by atoms with van der Waals surface area (Å²) < 4.78 is 5.57. The second-order valence-corrected chi connectivity index (χ2v) is 8.73. The van der Waals surface area contributed by atoms with Crippen molar-refractivity contribution in [3.05, 3.63) is 16.4 Å². The molecule has 144 valence electrons. The van der Waals surface area contributed by atoms with Gasteiger partial charge in [-0.1, -0.05) is 12.8 Å². The van der Waals surface area contributed by atoms with Gasteiger partial charge >= 0.3 is 5.97 Å². The minimum atomic E-state index is -0.798. The summed E-state index contributed by atoms with van der Waals surface area (Å²) in [4.78, 5) is 34.0. The SMILES string of the molecule is CC(C)(C)OC(=O)C(C)(C)CN(c1nc(Cl)ncc1N=O)C1CCCC1. The number of hydrogen-bond donors (Lipinski definition) is 0. The highest BCUT2D eigenvalue weighted by Crippen LogP contribution is 2.36. The van der Waals surface area contributed by atoms with E-state index in [4.69, 9.17) is 16.3 Å². The Morgan fingerprint density at radius 2 is 1.92 bits per heavy atom. The third kappa shape index (κ3) is 5.13. The van der Waals surface area contributed by atoms with Crippen molar-refractivity contribution in [2.75, 3.05) is 11.4 Å². The van der Waals surface area contributed by atoms with Crippen molar-refractivity contribution in [1.82, 2.24) is 9.97 Å². The van der Waals surface area contributed by atoms with Gasteiger partial charge in [-0.2, -0.15) is 4.98 Å². The Balaban J connectivity index is 2.35. The molecule has 0 amide bonds. The van der Waals surface area contributed by atoms with Crippen LogP contribution in [0.15, 0.2) is 11.4 Å². The molecule has 1 aromatic heterocycles. The van der Waals surface area contributed by atoms with E-state index in [0.717, 1.165) is 25.7 Å². The summed E-state index contributed by atoms with van der Waals surface area (Å²) >= 11 is 5.96. The second-order valence-electron chi connectivity index (χ2n) is 8.39. The average Bonchev–Trinajstić information content (AvgIpc) is 3.05. The lowest BCUT2D eigenvalue weighted by Crippen LogP contribution is -2.46. The van der Waals surface area contributed by atoms with E-state index in [1.807, 2.05) is 39.5 Å². The lowest BCUT2D eigenvalue weighted by molar-refractivity contribution is -0.165. The summed E-state index contributed by atoms with van der Waals surface area (Å²) in [6, 6.07) is 0.170. The summed E-state index contributed by atoms with van der Waals surface area (Å²) in [6.45, 7) is 9.54. The molecule has 8 heteroatoms. The standard InChI is InChI=1S/C18H27ClN4O3/c1-17(2,3)26-15(24)18(4,5)11-23(12-8-6-7-9-12)14-13(22-25)10-20-16(19)21-14/h10,12H,6-9,11H2,1-5H3. The molecule has 0 aromatic carbocycles. The van der Waals surface area contributed by atoms with Crippen LogP contribution in [0.25, 0.3) is 0 Å². The van der Waals surface area contributed by atoms with Crippen molar-refractivity contribution >= 4 is 29.1 Å². The number of nitrogens with zero attached hydrogens (tertiary/aromatic N) is 4. The number of anilines is 1. The molecule has 1 heterocycles. The van der Waals surface area contributed by atoms with Crippen LogP contribution in [0.2, 0.25) is 5.28 Å². The predicted molar refractivity (Wildman–Crippen MR) is 102 cm³/mol. The first-order chi connectivity index (χ1) is 12.0. The minimum Gasteiger partial charge on any atom is -0.460 e. The van der Waals surface area contributed by atoms with E-state index in [1.165, 1.54) is 6.20 Å². The lowest BCUT2D eigenvalue weighted by Gasteiger charge is -2.37. The number of esters is 1. The topological polar surface area (TPSA) is 84.8 Å². The molecule has 0 radical (unpaired) electrons. The van der Waals surface area contributed by atoms with Crippen LogP contribution >= 0.6 is 11.6 Å². The van der Waals surface area contributed by atoms with E-state index < -0.39 is 11.0 Å². The van der Waals surface area contributed by atoms with Crippen LogP contribution in [0.3, 0.4) is 0 Å². The molecule has 0 saturated heterocycles. The van der Waals surface area contributed by atoms with Crippen molar-refractivity contribution in [1.29, 1.82) is 0 Å². The Morgan fingerprint density at radius 1 is 1.31 bits per heavy atom. The minimum absolute atomic E-state index is 0.0467. The molecule has 0 spiro atoms. The number of carbonyl (C=O) groups is 1. The van der Waals surface area contributed by atoms with Gasteiger partial charge in [0, 0.05) is 12.6 Å². The van der Waals surface area contributed by atoms with E-state index in [-0.39, 0.29) is 23.0 Å². The van der Waals surface area contributed by atoms with Crippen molar-refractivity contribution in [3.8, 4) is 0 Å². The monoisotopic (exact) mass is 382 g/mol. The molecule has 0 atom stereocenters. The fourth-order valence-corrected chi connectivity index (χ4v) is 3.25. The number of carbonyl (C=O) groups excluding carboxylic acids is 1. The third-order valence-corrected chi connectivity index (χ3v) is 4.56. The summed E-state index contributed by atoms with van der Waals surface area (Å²) in [5.74, 6) is 0.0808. The lowest BCUT2D eigenvalue weighted by atomic mass is 9.91. The molecule has 0 unspecified atom stereocenters. The average molecular weight is 383 g/mol. The van der Waals surface area contributed by atoms with Crippen molar-refractivity contribution < 1.29 is 9.53 Å². The Labute approximate surface area is 159 Å². The molecule has 1 saturated carbocycles. The number of rotatable bonds is 6. The molecular weight excluding hydrogens is 356 g/mol. The van der Waals surface area contributed by atoms with E-state index in [0.29, 0.717) is 12.4 Å². The number of ether oxygens (including phenoxy) is 1. The molecule has 0 bridgehead atoms.